The zero-order valence-corrected chi connectivity index (χ0v) is 9.81. The number of fused-ring (bicyclic) bond motifs is 1. The first kappa shape index (κ1) is 11.8. The van der Waals surface area contributed by atoms with E-state index < -0.39 is 11.9 Å². The highest BCUT2D eigenvalue weighted by molar-refractivity contribution is 5.78. The van der Waals surface area contributed by atoms with Crippen molar-refractivity contribution in [3.05, 3.63) is 65.7 Å². The van der Waals surface area contributed by atoms with E-state index in [1.54, 1.807) is 6.07 Å². The van der Waals surface area contributed by atoms with Gasteiger partial charge in [0, 0.05) is 11.6 Å². The summed E-state index contributed by atoms with van der Waals surface area (Å²) in [7, 11) is 0. The molecule has 0 aliphatic carbocycles. The molecule has 0 saturated heterocycles. The smallest absolute Gasteiger partial charge is 0.141 e. The van der Waals surface area contributed by atoms with Crippen LogP contribution in [0, 0.1) is 11.6 Å². The average molecular weight is 260 g/mol. The molecular formula is C14H10F2N2O. The number of nitrogens with zero attached hydrogens (tertiary/aromatic N) is 1. The minimum absolute atomic E-state index is 0.346. The molecule has 96 valence electrons. The van der Waals surface area contributed by atoms with E-state index in [1.165, 1.54) is 30.5 Å². The molecule has 1 atom stereocenters. The van der Waals surface area contributed by atoms with Gasteiger partial charge < -0.3 is 10.2 Å². The van der Waals surface area contributed by atoms with Gasteiger partial charge >= 0.3 is 0 Å². The van der Waals surface area contributed by atoms with Gasteiger partial charge in [0.2, 0.25) is 0 Å². The Kier molecular flexibility index (Phi) is 2.76. The van der Waals surface area contributed by atoms with Gasteiger partial charge in [-0.2, -0.15) is 0 Å². The van der Waals surface area contributed by atoms with Crippen molar-refractivity contribution in [2.75, 3.05) is 0 Å². The summed E-state index contributed by atoms with van der Waals surface area (Å²) in [5, 5.41) is 0.620. The first-order chi connectivity index (χ1) is 9.13. The van der Waals surface area contributed by atoms with Crippen molar-refractivity contribution in [2.24, 2.45) is 5.73 Å². The molecular weight excluding hydrogens is 250 g/mol. The number of benzene rings is 1. The lowest BCUT2D eigenvalue weighted by atomic mass is 10.1. The van der Waals surface area contributed by atoms with Gasteiger partial charge in [-0.05, 0) is 35.9 Å². The van der Waals surface area contributed by atoms with Gasteiger partial charge in [0.05, 0.1) is 12.2 Å². The van der Waals surface area contributed by atoms with Crippen LogP contribution in [0.15, 0.2) is 47.1 Å². The third kappa shape index (κ3) is 2.20. The fourth-order valence-corrected chi connectivity index (χ4v) is 1.95. The van der Waals surface area contributed by atoms with Gasteiger partial charge in [0.1, 0.15) is 23.0 Å². The van der Waals surface area contributed by atoms with Crippen LogP contribution in [0.5, 0.6) is 0 Å². The summed E-state index contributed by atoms with van der Waals surface area (Å²) in [4.78, 5) is 3.74. The summed E-state index contributed by atoms with van der Waals surface area (Å²) < 4.78 is 31.7. The largest absolute Gasteiger partial charge is 0.459 e. The summed E-state index contributed by atoms with van der Waals surface area (Å²) >= 11 is 0. The zero-order valence-electron chi connectivity index (χ0n) is 9.81. The Morgan fingerprint density at radius 3 is 2.68 bits per heavy atom. The van der Waals surface area contributed by atoms with Crippen LogP contribution in [0.1, 0.15) is 17.4 Å². The SMILES string of the molecule is NC(c1cncc(F)c1)c1cc2cc(F)ccc2o1. The first-order valence-electron chi connectivity index (χ1n) is 5.68. The molecule has 0 amide bonds. The van der Waals surface area contributed by atoms with Gasteiger partial charge in [0.15, 0.2) is 0 Å². The number of hydrogen-bond donors (Lipinski definition) is 1. The highest BCUT2D eigenvalue weighted by atomic mass is 19.1. The molecule has 3 aromatic rings. The average Bonchev–Trinajstić information content (AvgIpc) is 2.80. The molecule has 5 heteroatoms. The zero-order chi connectivity index (χ0) is 13.4. The second-order valence-electron chi connectivity index (χ2n) is 4.25. The monoisotopic (exact) mass is 260 g/mol. The molecule has 19 heavy (non-hydrogen) atoms. The third-order valence-electron chi connectivity index (χ3n) is 2.89. The van der Waals surface area contributed by atoms with E-state index in [1.807, 2.05) is 0 Å². The molecule has 2 N–H and O–H groups in total. The van der Waals surface area contributed by atoms with E-state index in [0.29, 0.717) is 22.3 Å². The van der Waals surface area contributed by atoms with Gasteiger partial charge in [0.25, 0.3) is 0 Å². The lowest BCUT2D eigenvalue weighted by molar-refractivity contribution is 0.522. The lowest BCUT2D eigenvalue weighted by Crippen LogP contribution is -2.11. The highest BCUT2D eigenvalue weighted by Gasteiger charge is 2.15. The second-order valence-corrected chi connectivity index (χ2v) is 4.25. The molecule has 2 aromatic heterocycles. The van der Waals surface area contributed by atoms with Gasteiger partial charge in [-0.1, -0.05) is 0 Å². The van der Waals surface area contributed by atoms with Crippen molar-refractivity contribution in [2.45, 2.75) is 6.04 Å². The molecule has 0 fully saturated rings. The van der Waals surface area contributed by atoms with Crippen LogP contribution in [0.3, 0.4) is 0 Å². The van der Waals surface area contributed by atoms with Crippen molar-refractivity contribution in [3.63, 3.8) is 0 Å². The Morgan fingerprint density at radius 2 is 1.89 bits per heavy atom. The lowest BCUT2D eigenvalue weighted by Gasteiger charge is -2.07. The molecule has 0 spiro atoms. The number of rotatable bonds is 2. The summed E-state index contributed by atoms with van der Waals surface area (Å²) in [6.07, 6.45) is 2.58. The van der Waals surface area contributed by atoms with Crippen LogP contribution in [-0.4, -0.2) is 4.98 Å². The maximum atomic E-state index is 13.1. The van der Waals surface area contributed by atoms with Crippen molar-refractivity contribution in [1.29, 1.82) is 0 Å². The molecule has 2 heterocycles. The van der Waals surface area contributed by atoms with Crippen LogP contribution in [0.25, 0.3) is 11.0 Å². The molecule has 0 radical (unpaired) electrons. The number of nitrogens with two attached hydrogens (primary N) is 1. The molecule has 1 aromatic carbocycles. The Morgan fingerprint density at radius 1 is 1.05 bits per heavy atom. The van der Waals surface area contributed by atoms with E-state index in [-0.39, 0.29) is 5.82 Å². The van der Waals surface area contributed by atoms with Crippen molar-refractivity contribution in [3.8, 4) is 0 Å². The van der Waals surface area contributed by atoms with Crippen molar-refractivity contribution < 1.29 is 13.2 Å². The maximum Gasteiger partial charge on any atom is 0.141 e. The minimum Gasteiger partial charge on any atom is -0.459 e. The standard InChI is InChI=1S/C14H10F2N2O/c15-10-1-2-12-8(3-10)5-13(19-12)14(17)9-4-11(16)7-18-6-9/h1-7,14H,17H2. The van der Waals surface area contributed by atoms with E-state index in [9.17, 15) is 8.78 Å². The Balaban J connectivity index is 2.04. The molecule has 0 aliphatic heterocycles. The fraction of sp³-hybridized carbons (Fsp3) is 0.0714. The second kappa shape index (κ2) is 4.44. The molecule has 3 rings (SSSR count). The van der Waals surface area contributed by atoms with E-state index >= 15 is 0 Å². The summed E-state index contributed by atoms with van der Waals surface area (Å²) in [6.45, 7) is 0. The third-order valence-corrected chi connectivity index (χ3v) is 2.89. The molecule has 0 bridgehead atoms. The van der Waals surface area contributed by atoms with Crippen molar-refractivity contribution in [1.82, 2.24) is 4.98 Å². The van der Waals surface area contributed by atoms with Crippen LogP contribution in [-0.2, 0) is 0 Å². The number of pyridine rings is 1. The van der Waals surface area contributed by atoms with Gasteiger partial charge in [-0.15, -0.1) is 0 Å². The molecule has 1 unspecified atom stereocenters. The van der Waals surface area contributed by atoms with Gasteiger partial charge in [-0.25, -0.2) is 8.78 Å². The predicted octanol–water partition coefficient (Wildman–Crippen LogP) is 3.15. The fourth-order valence-electron chi connectivity index (χ4n) is 1.95. The van der Waals surface area contributed by atoms with E-state index in [2.05, 4.69) is 4.98 Å². The number of hydrogen-bond acceptors (Lipinski definition) is 3. The summed E-state index contributed by atoms with van der Waals surface area (Å²) in [5.41, 5.74) is 7.03. The predicted molar refractivity (Wildman–Crippen MR) is 66.4 cm³/mol. The Labute approximate surface area is 107 Å². The number of halogens is 2. The van der Waals surface area contributed by atoms with Crippen LogP contribution in [0.2, 0.25) is 0 Å². The molecule has 3 nitrogen and oxygen atoms in total. The highest BCUT2D eigenvalue weighted by Crippen LogP contribution is 2.27. The van der Waals surface area contributed by atoms with Crippen LogP contribution in [0.4, 0.5) is 8.78 Å². The quantitative estimate of drug-likeness (QED) is 0.770. The summed E-state index contributed by atoms with van der Waals surface area (Å²) in [6, 6.07) is 6.51. The first-order valence-corrected chi connectivity index (χ1v) is 5.68. The van der Waals surface area contributed by atoms with E-state index in [4.69, 9.17) is 10.2 Å². The van der Waals surface area contributed by atoms with Crippen LogP contribution < -0.4 is 5.73 Å². The van der Waals surface area contributed by atoms with Crippen LogP contribution >= 0.6 is 0 Å². The molecule has 0 saturated carbocycles. The summed E-state index contributed by atoms with van der Waals surface area (Å²) in [5.74, 6) is -0.371. The van der Waals surface area contributed by atoms with E-state index in [0.717, 1.165) is 6.20 Å². The Bertz CT molecular complexity index is 739. The number of aromatic nitrogens is 1. The maximum absolute atomic E-state index is 13.1. The topological polar surface area (TPSA) is 52.0 Å². The van der Waals surface area contributed by atoms with Crippen molar-refractivity contribution >= 4 is 11.0 Å². The number of furan rings is 1. The normalized spacial score (nSPS) is 12.8. The van der Waals surface area contributed by atoms with Gasteiger partial charge in [-0.3, -0.25) is 4.98 Å². The Hall–Kier alpha value is -2.27. The minimum atomic E-state index is -0.640. The molecule has 0 aliphatic rings.